The molecule has 0 amide bonds. The van der Waals surface area contributed by atoms with Crippen LogP contribution >= 0.6 is 11.8 Å². The lowest BCUT2D eigenvalue weighted by atomic mass is 10.1. The maximum absolute atomic E-state index is 13.7. The molecule has 144 valence electrons. The van der Waals surface area contributed by atoms with Crippen LogP contribution in [0.1, 0.15) is 26.3 Å². The Morgan fingerprint density at radius 3 is 2.38 bits per heavy atom. The first-order valence-corrected chi connectivity index (χ1v) is 9.22. The second-order valence-corrected chi connectivity index (χ2v) is 6.91. The highest BCUT2D eigenvalue weighted by Gasteiger charge is 2.18. The molecule has 0 saturated carbocycles. The van der Waals surface area contributed by atoms with Crippen LogP contribution in [0.2, 0.25) is 0 Å². The minimum absolute atomic E-state index is 0.192. The number of Topliss-reactive ketones (excluding diaryl/α,β-unsaturated/α-hetero) is 1. The number of hydrogen-bond donors (Lipinski definition) is 0. The predicted octanol–water partition coefficient (Wildman–Crippen LogP) is 5.03. The van der Waals surface area contributed by atoms with Crippen LogP contribution in [0, 0.1) is 23.0 Å². The Morgan fingerprint density at radius 1 is 0.931 bits per heavy atom. The summed E-state index contributed by atoms with van der Waals surface area (Å²) < 4.78 is 31.9. The van der Waals surface area contributed by atoms with Crippen molar-refractivity contribution >= 4 is 23.5 Å². The number of rotatable bonds is 6. The molecule has 7 heteroatoms. The van der Waals surface area contributed by atoms with E-state index in [2.05, 4.69) is 6.07 Å². The van der Waals surface area contributed by atoms with Gasteiger partial charge in [0.2, 0.25) is 5.78 Å². The van der Waals surface area contributed by atoms with Crippen molar-refractivity contribution in [1.29, 1.82) is 5.26 Å². The molecule has 0 bridgehead atoms. The quantitative estimate of drug-likeness (QED) is 0.422. The van der Waals surface area contributed by atoms with Crippen LogP contribution < -0.4 is 0 Å². The molecular weight excluding hydrogens is 396 g/mol. The van der Waals surface area contributed by atoms with E-state index in [4.69, 9.17) is 4.74 Å². The second kappa shape index (κ2) is 9.13. The average molecular weight is 409 g/mol. The smallest absolute Gasteiger partial charge is 0.339 e. The molecular formula is C22H13F2NO3S. The van der Waals surface area contributed by atoms with Gasteiger partial charge in [-0.3, -0.25) is 4.79 Å². The molecule has 0 spiro atoms. The van der Waals surface area contributed by atoms with Gasteiger partial charge < -0.3 is 4.74 Å². The minimum Gasteiger partial charge on any atom is -0.454 e. The number of esters is 1. The Labute approximate surface area is 169 Å². The number of halogens is 2. The Morgan fingerprint density at radius 2 is 1.62 bits per heavy atom. The van der Waals surface area contributed by atoms with Crippen molar-refractivity contribution in [3.8, 4) is 6.07 Å². The van der Waals surface area contributed by atoms with Gasteiger partial charge in [0.1, 0.15) is 17.7 Å². The molecule has 0 unspecified atom stereocenters. The lowest BCUT2D eigenvalue weighted by molar-refractivity contribution is 0.0470. The molecule has 3 rings (SSSR count). The summed E-state index contributed by atoms with van der Waals surface area (Å²) in [6.45, 7) is -0.729. The van der Waals surface area contributed by atoms with Crippen LogP contribution in [0.15, 0.2) is 76.5 Å². The van der Waals surface area contributed by atoms with E-state index in [1.807, 2.05) is 0 Å². The lowest BCUT2D eigenvalue weighted by Crippen LogP contribution is -2.16. The molecule has 3 aromatic rings. The van der Waals surface area contributed by atoms with Gasteiger partial charge in [-0.05, 0) is 42.5 Å². The van der Waals surface area contributed by atoms with Gasteiger partial charge >= 0.3 is 5.97 Å². The first-order chi connectivity index (χ1) is 14.0. The van der Waals surface area contributed by atoms with Crippen molar-refractivity contribution < 1.29 is 23.1 Å². The van der Waals surface area contributed by atoms with Crippen LogP contribution in [-0.4, -0.2) is 18.4 Å². The third kappa shape index (κ3) is 4.86. The van der Waals surface area contributed by atoms with E-state index in [0.29, 0.717) is 15.4 Å². The predicted molar refractivity (Wildman–Crippen MR) is 103 cm³/mol. The van der Waals surface area contributed by atoms with Gasteiger partial charge in [-0.15, -0.1) is 0 Å². The Bertz CT molecular complexity index is 1130. The van der Waals surface area contributed by atoms with E-state index in [9.17, 15) is 23.6 Å². The van der Waals surface area contributed by atoms with Gasteiger partial charge in [0.15, 0.2) is 6.61 Å². The summed E-state index contributed by atoms with van der Waals surface area (Å²) in [6.07, 6.45) is 0. The van der Waals surface area contributed by atoms with Crippen molar-refractivity contribution in [2.24, 2.45) is 0 Å². The SMILES string of the molecule is N#Cc1ccccc1Sc1ccccc1C(=O)OCC(=O)c1cc(F)ccc1F. The van der Waals surface area contributed by atoms with Crippen LogP contribution in [0.3, 0.4) is 0 Å². The third-order valence-electron chi connectivity index (χ3n) is 3.90. The number of nitriles is 1. The summed E-state index contributed by atoms with van der Waals surface area (Å²) in [4.78, 5) is 25.8. The average Bonchev–Trinajstić information content (AvgIpc) is 2.74. The fourth-order valence-electron chi connectivity index (χ4n) is 2.49. The standard InChI is InChI=1S/C22H13F2NO3S/c23-15-9-10-18(24)17(11-15)19(26)13-28-22(27)16-6-2-4-8-21(16)29-20-7-3-1-5-14(20)12-25/h1-11H,13H2. The third-order valence-corrected chi connectivity index (χ3v) is 5.05. The van der Waals surface area contributed by atoms with Crippen LogP contribution in [0.5, 0.6) is 0 Å². The Kier molecular flexibility index (Phi) is 6.37. The number of nitrogens with zero attached hydrogens (tertiary/aromatic N) is 1. The molecule has 0 aliphatic heterocycles. The van der Waals surface area contributed by atoms with Crippen molar-refractivity contribution in [3.63, 3.8) is 0 Å². The van der Waals surface area contributed by atoms with E-state index in [0.717, 1.165) is 18.2 Å². The van der Waals surface area contributed by atoms with E-state index in [-0.39, 0.29) is 5.56 Å². The van der Waals surface area contributed by atoms with Crippen molar-refractivity contribution in [3.05, 3.63) is 95.1 Å². The molecule has 0 heterocycles. The van der Waals surface area contributed by atoms with E-state index in [1.54, 1.807) is 42.5 Å². The molecule has 0 fully saturated rings. The first-order valence-electron chi connectivity index (χ1n) is 8.41. The number of hydrogen-bond acceptors (Lipinski definition) is 5. The zero-order chi connectivity index (χ0) is 20.8. The molecule has 0 atom stereocenters. The first kappa shape index (κ1) is 20.2. The van der Waals surface area contributed by atoms with Crippen LogP contribution in [0.25, 0.3) is 0 Å². The number of carbonyl (C=O) groups is 2. The molecule has 3 aromatic carbocycles. The minimum atomic E-state index is -0.892. The Hall–Kier alpha value is -3.50. The van der Waals surface area contributed by atoms with E-state index >= 15 is 0 Å². The fourth-order valence-corrected chi connectivity index (χ4v) is 3.50. The maximum atomic E-state index is 13.7. The van der Waals surface area contributed by atoms with Gasteiger partial charge in [0, 0.05) is 9.79 Å². The van der Waals surface area contributed by atoms with Crippen LogP contribution in [0.4, 0.5) is 8.78 Å². The van der Waals surface area contributed by atoms with Crippen molar-refractivity contribution in [1.82, 2.24) is 0 Å². The summed E-state index contributed by atoms with van der Waals surface area (Å²) in [5, 5.41) is 9.22. The normalized spacial score (nSPS) is 10.2. The summed E-state index contributed by atoms with van der Waals surface area (Å²) in [7, 11) is 0. The molecule has 0 N–H and O–H groups in total. The van der Waals surface area contributed by atoms with Gasteiger partial charge in [-0.2, -0.15) is 5.26 Å². The lowest BCUT2D eigenvalue weighted by Gasteiger charge is -2.10. The summed E-state index contributed by atoms with van der Waals surface area (Å²) in [5.74, 6) is -3.29. The molecule has 0 saturated heterocycles. The number of ketones is 1. The second-order valence-electron chi connectivity index (χ2n) is 5.83. The van der Waals surface area contributed by atoms with Gasteiger partial charge in [-0.25, -0.2) is 13.6 Å². The topological polar surface area (TPSA) is 67.2 Å². The highest BCUT2D eigenvalue weighted by Crippen LogP contribution is 2.32. The fraction of sp³-hybridized carbons (Fsp3) is 0.0455. The van der Waals surface area contributed by atoms with Crippen molar-refractivity contribution in [2.75, 3.05) is 6.61 Å². The molecule has 4 nitrogen and oxygen atoms in total. The largest absolute Gasteiger partial charge is 0.454 e. The number of benzene rings is 3. The summed E-state index contributed by atoms with van der Waals surface area (Å²) in [5.41, 5.74) is 0.165. The zero-order valence-electron chi connectivity index (χ0n) is 14.9. The van der Waals surface area contributed by atoms with E-state index < -0.39 is 35.6 Å². The van der Waals surface area contributed by atoms with E-state index in [1.165, 1.54) is 17.8 Å². The highest BCUT2D eigenvalue weighted by molar-refractivity contribution is 7.99. The summed E-state index contributed by atoms with van der Waals surface area (Å²) >= 11 is 1.21. The monoisotopic (exact) mass is 409 g/mol. The van der Waals surface area contributed by atoms with Gasteiger partial charge in [0.05, 0.1) is 16.7 Å². The van der Waals surface area contributed by atoms with Gasteiger partial charge in [0.25, 0.3) is 0 Å². The van der Waals surface area contributed by atoms with Crippen molar-refractivity contribution in [2.45, 2.75) is 9.79 Å². The molecule has 0 aliphatic rings. The van der Waals surface area contributed by atoms with Gasteiger partial charge in [-0.1, -0.05) is 36.0 Å². The number of carbonyl (C=O) groups excluding carboxylic acids is 2. The molecule has 0 aliphatic carbocycles. The molecule has 0 aromatic heterocycles. The maximum Gasteiger partial charge on any atom is 0.339 e. The number of ether oxygens (including phenoxy) is 1. The highest BCUT2D eigenvalue weighted by atomic mass is 32.2. The van der Waals surface area contributed by atoms with Crippen LogP contribution in [-0.2, 0) is 4.74 Å². The summed E-state index contributed by atoms with van der Waals surface area (Å²) in [6, 6.07) is 18.1. The molecule has 0 radical (unpaired) electrons. The zero-order valence-corrected chi connectivity index (χ0v) is 15.7. The Balaban J connectivity index is 1.76. The molecule has 29 heavy (non-hydrogen) atoms.